The van der Waals surface area contributed by atoms with Gasteiger partial charge in [-0.2, -0.15) is 0 Å². The van der Waals surface area contributed by atoms with Gasteiger partial charge < -0.3 is 19.9 Å². The Bertz CT molecular complexity index is 404. The van der Waals surface area contributed by atoms with Crippen molar-refractivity contribution in [1.29, 1.82) is 0 Å². The second-order valence-corrected chi connectivity index (χ2v) is 3.79. The van der Waals surface area contributed by atoms with E-state index in [1.165, 1.54) is 7.11 Å². The molecule has 0 spiro atoms. The minimum absolute atomic E-state index is 0.0852. The van der Waals surface area contributed by atoms with Gasteiger partial charge in [-0.15, -0.1) is 0 Å². The predicted octanol–water partition coefficient (Wildman–Crippen LogP) is 1.66. The third-order valence-corrected chi connectivity index (χ3v) is 2.36. The van der Waals surface area contributed by atoms with E-state index in [1.54, 1.807) is 19.1 Å². The lowest BCUT2D eigenvalue weighted by molar-refractivity contribution is -0.145. The first-order chi connectivity index (χ1) is 8.58. The van der Waals surface area contributed by atoms with Crippen molar-refractivity contribution in [3.8, 4) is 11.5 Å². The third-order valence-electron chi connectivity index (χ3n) is 2.36. The zero-order chi connectivity index (χ0) is 13.5. The van der Waals surface area contributed by atoms with Gasteiger partial charge in [0.05, 0.1) is 13.7 Å². The summed E-state index contributed by atoms with van der Waals surface area (Å²) in [4.78, 5) is 11.2. The van der Waals surface area contributed by atoms with E-state index in [1.807, 2.05) is 13.0 Å². The van der Waals surface area contributed by atoms with Gasteiger partial charge in [-0.1, -0.05) is 6.07 Å². The normalized spacial score (nSPS) is 11.8. The molecule has 1 aromatic carbocycles. The van der Waals surface area contributed by atoms with Crippen LogP contribution in [0.4, 0.5) is 0 Å². The maximum absolute atomic E-state index is 11.2. The highest BCUT2D eigenvalue weighted by atomic mass is 16.6. The summed E-state index contributed by atoms with van der Waals surface area (Å²) in [5.41, 5.74) is 6.72. The lowest BCUT2D eigenvalue weighted by Gasteiger charge is -2.13. The number of carbonyl (C=O) groups is 1. The van der Waals surface area contributed by atoms with Crippen LogP contribution in [0.1, 0.15) is 25.5 Å². The first-order valence-corrected chi connectivity index (χ1v) is 5.80. The van der Waals surface area contributed by atoms with Crippen LogP contribution in [0.5, 0.6) is 11.5 Å². The van der Waals surface area contributed by atoms with Crippen LogP contribution in [0.2, 0.25) is 0 Å². The Labute approximate surface area is 107 Å². The highest BCUT2D eigenvalue weighted by Gasteiger charge is 2.10. The zero-order valence-electron chi connectivity index (χ0n) is 10.9. The van der Waals surface area contributed by atoms with Crippen LogP contribution in [0.25, 0.3) is 0 Å². The molecule has 0 heterocycles. The Kier molecular flexibility index (Phi) is 5.45. The minimum Gasteiger partial charge on any atom is -0.493 e. The van der Waals surface area contributed by atoms with E-state index in [0.717, 1.165) is 5.56 Å². The number of ether oxygens (including phenoxy) is 3. The minimum atomic E-state index is -0.407. The topological polar surface area (TPSA) is 70.8 Å². The average molecular weight is 253 g/mol. The molecule has 100 valence electrons. The molecule has 0 aliphatic heterocycles. The predicted molar refractivity (Wildman–Crippen MR) is 67.7 cm³/mol. The quantitative estimate of drug-likeness (QED) is 0.781. The molecule has 2 N–H and O–H groups in total. The maximum atomic E-state index is 11.2. The maximum Gasteiger partial charge on any atom is 0.344 e. The van der Waals surface area contributed by atoms with Crippen LogP contribution in [0.3, 0.4) is 0 Å². The molecule has 0 aliphatic carbocycles. The molecule has 0 amide bonds. The zero-order valence-corrected chi connectivity index (χ0v) is 10.9. The van der Waals surface area contributed by atoms with Crippen molar-refractivity contribution in [1.82, 2.24) is 0 Å². The largest absolute Gasteiger partial charge is 0.493 e. The third kappa shape index (κ3) is 3.92. The van der Waals surface area contributed by atoms with Crippen LogP contribution < -0.4 is 15.2 Å². The Balaban J connectivity index is 2.73. The fourth-order valence-electron chi connectivity index (χ4n) is 1.43. The van der Waals surface area contributed by atoms with E-state index in [-0.39, 0.29) is 12.6 Å². The molecule has 0 saturated carbocycles. The second kappa shape index (κ2) is 6.86. The number of esters is 1. The number of carbonyl (C=O) groups excluding carboxylic acids is 1. The molecule has 0 unspecified atom stereocenters. The summed E-state index contributed by atoms with van der Waals surface area (Å²) in [5.74, 6) is 0.639. The van der Waals surface area contributed by atoms with Crippen molar-refractivity contribution in [3.05, 3.63) is 23.8 Å². The van der Waals surface area contributed by atoms with Gasteiger partial charge in [0.1, 0.15) is 0 Å². The van der Waals surface area contributed by atoms with Crippen LogP contribution in [-0.2, 0) is 9.53 Å². The molecule has 0 fully saturated rings. The monoisotopic (exact) mass is 253 g/mol. The van der Waals surface area contributed by atoms with Crippen LogP contribution in [0, 0.1) is 0 Å². The van der Waals surface area contributed by atoms with Gasteiger partial charge in [-0.05, 0) is 31.5 Å². The van der Waals surface area contributed by atoms with Gasteiger partial charge in [-0.25, -0.2) is 4.79 Å². The highest BCUT2D eigenvalue weighted by molar-refractivity contribution is 5.71. The van der Waals surface area contributed by atoms with Crippen LogP contribution in [-0.4, -0.2) is 26.3 Å². The molecule has 5 nitrogen and oxygen atoms in total. The molecule has 1 rings (SSSR count). The Morgan fingerprint density at radius 3 is 2.67 bits per heavy atom. The second-order valence-electron chi connectivity index (χ2n) is 3.79. The SMILES string of the molecule is CCOC(=O)COc1ccc([C@H](C)N)cc1OC. The lowest BCUT2D eigenvalue weighted by atomic mass is 10.1. The number of benzene rings is 1. The van der Waals surface area contributed by atoms with Crippen LogP contribution >= 0.6 is 0 Å². The van der Waals surface area contributed by atoms with Crippen LogP contribution in [0.15, 0.2) is 18.2 Å². The van der Waals surface area contributed by atoms with Crippen molar-refractivity contribution in [3.63, 3.8) is 0 Å². The molecule has 1 atom stereocenters. The first kappa shape index (κ1) is 14.3. The Morgan fingerprint density at radius 1 is 1.39 bits per heavy atom. The van der Waals surface area contributed by atoms with Crippen molar-refractivity contribution < 1.29 is 19.0 Å². The summed E-state index contributed by atoms with van der Waals surface area (Å²) in [6.45, 7) is 3.83. The molecule has 5 heteroatoms. The molecular weight excluding hydrogens is 234 g/mol. The summed E-state index contributed by atoms with van der Waals surface area (Å²) in [6.07, 6.45) is 0. The van der Waals surface area contributed by atoms with Crippen molar-refractivity contribution in [2.45, 2.75) is 19.9 Å². The fraction of sp³-hybridized carbons (Fsp3) is 0.462. The molecule has 0 saturated heterocycles. The van der Waals surface area contributed by atoms with Gasteiger partial charge in [-0.3, -0.25) is 0 Å². The molecule has 0 aliphatic rings. The standard InChI is InChI=1S/C13H19NO4/c1-4-17-13(15)8-18-11-6-5-10(9(2)14)7-12(11)16-3/h5-7,9H,4,8,14H2,1-3H3/t9-/m0/s1. The molecule has 18 heavy (non-hydrogen) atoms. The average Bonchev–Trinajstić information content (AvgIpc) is 2.36. The van der Waals surface area contributed by atoms with E-state index in [4.69, 9.17) is 19.9 Å². The van der Waals surface area contributed by atoms with Gasteiger partial charge in [0.25, 0.3) is 0 Å². The summed E-state index contributed by atoms with van der Waals surface area (Å²) < 4.78 is 15.3. The van der Waals surface area contributed by atoms with E-state index in [0.29, 0.717) is 18.1 Å². The first-order valence-electron chi connectivity index (χ1n) is 5.80. The smallest absolute Gasteiger partial charge is 0.344 e. The fourth-order valence-corrected chi connectivity index (χ4v) is 1.43. The molecule has 0 aromatic heterocycles. The Morgan fingerprint density at radius 2 is 2.11 bits per heavy atom. The number of hydrogen-bond donors (Lipinski definition) is 1. The van der Waals surface area contributed by atoms with E-state index >= 15 is 0 Å². The van der Waals surface area contributed by atoms with E-state index < -0.39 is 5.97 Å². The summed E-state index contributed by atoms with van der Waals surface area (Å²) in [5, 5.41) is 0. The number of methoxy groups -OCH3 is 1. The number of rotatable bonds is 6. The van der Waals surface area contributed by atoms with Gasteiger partial charge in [0.15, 0.2) is 18.1 Å². The Hall–Kier alpha value is -1.75. The molecule has 0 radical (unpaired) electrons. The van der Waals surface area contributed by atoms with Gasteiger partial charge >= 0.3 is 5.97 Å². The van der Waals surface area contributed by atoms with Crippen molar-refractivity contribution >= 4 is 5.97 Å². The van der Waals surface area contributed by atoms with Crippen molar-refractivity contribution in [2.75, 3.05) is 20.3 Å². The number of hydrogen-bond acceptors (Lipinski definition) is 5. The molecule has 0 bridgehead atoms. The summed E-state index contributed by atoms with van der Waals surface area (Å²) in [6, 6.07) is 5.29. The van der Waals surface area contributed by atoms with E-state index in [9.17, 15) is 4.79 Å². The highest BCUT2D eigenvalue weighted by Crippen LogP contribution is 2.29. The van der Waals surface area contributed by atoms with Crippen molar-refractivity contribution in [2.24, 2.45) is 5.73 Å². The molecular formula is C13H19NO4. The van der Waals surface area contributed by atoms with E-state index in [2.05, 4.69) is 0 Å². The number of nitrogens with two attached hydrogens (primary N) is 1. The summed E-state index contributed by atoms with van der Waals surface area (Å²) in [7, 11) is 1.54. The van der Waals surface area contributed by atoms with Gasteiger partial charge in [0.2, 0.25) is 0 Å². The van der Waals surface area contributed by atoms with Gasteiger partial charge in [0, 0.05) is 6.04 Å². The lowest BCUT2D eigenvalue weighted by Crippen LogP contribution is -2.15. The summed E-state index contributed by atoms with van der Waals surface area (Å²) >= 11 is 0. The molecule has 1 aromatic rings.